The van der Waals surface area contributed by atoms with Gasteiger partial charge in [0, 0.05) is 26.7 Å². The summed E-state index contributed by atoms with van der Waals surface area (Å²) in [6.07, 6.45) is 1.62. The summed E-state index contributed by atoms with van der Waals surface area (Å²) in [5.74, 6) is 1.95. The Kier molecular flexibility index (Phi) is 5.57. The summed E-state index contributed by atoms with van der Waals surface area (Å²) >= 11 is 0. The first-order valence-corrected chi connectivity index (χ1v) is 9.31. The van der Waals surface area contributed by atoms with Gasteiger partial charge in [-0.3, -0.25) is 0 Å². The van der Waals surface area contributed by atoms with Gasteiger partial charge in [-0.25, -0.2) is 22.4 Å². The van der Waals surface area contributed by atoms with Crippen molar-refractivity contribution in [1.29, 1.82) is 0 Å². The standard InChI is InChI=1S/C14H26N4O3S/c1-11(21-4)10-22(19,20)17-7-5-6-14(8-17)9-18-13(3)15-12(2)16-18/h11,14H,5-10H2,1-4H3/t11-,14-/m0/s1. The Hall–Kier alpha value is -0.990. The maximum atomic E-state index is 12.4. The molecule has 1 fully saturated rings. The molecule has 2 heterocycles. The molecule has 0 aliphatic carbocycles. The molecular weight excluding hydrogens is 304 g/mol. The minimum Gasteiger partial charge on any atom is -0.381 e. The molecule has 1 aliphatic heterocycles. The molecule has 1 aromatic heterocycles. The molecule has 1 saturated heterocycles. The first kappa shape index (κ1) is 17.4. The summed E-state index contributed by atoms with van der Waals surface area (Å²) in [5.41, 5.74) is 0. The second-order valence-electron chi connectivity index (χ2n) is 6.08. The number of aromatic nitrogens is 3. The highest BCUT2D eigenvalue weighted by atomic mass is 32.2. The molecule has 2 rings (SSSR count). The minimum atomic E-state index is -3.26. The van der Waals surface area contributed by atoms with Crippen molar-refractivity contribution < 1.29 is 13.2 Å². The number of piperidine rings is 1. The molecule has 0 aromatic carbocycles. The Morgan fingerprint density at radius 1 is 1.41 bits per heavy atom. The second-order valence-corrected chi connectivity index (χ2v) is 8.09. The van der Waals surface area contributed by atoms with Crippen LogP contribution in [-0.2, 0) is 21.3 Å². The molecule has 0 spiro atoms. The molecule has 1 aliphatic rings. The molecule has 2 atom stereocenters. The van der Waals surface area contributed by atoms with Crippen LogP contribution in [0.4, 0.5) is 0 Å². The van der Waals surface area contributed by atoms with Gasteiger partial charge in [0.2, 0.25) is 10.0 Å². The molecule has 1 aromatic rings. The number of hydrogen-bond donors (Lipinski definition) is 0. The monoisotopic (exact) mass is 330 g/mol. The highest BCUT2D eigenvalue weighted by Crippen LogP contribution is 2.21. The van der Waals surface area contributed by atoms with Gasteiger partial charge in [-0.15, -0.1) is 0 Å². The molecule has 0 bridgehead atoms. The third kappa shape index (κ3) is 4.27. The topological polar surface area (TPSA) is 77.3 Å². The summed E-state index contributed by atoms with van der Waals surface area (Å²) in [6.45, 7) is 7.45. The van der Waals surface area contributed by atoms with Crippen molar-refractivity contribution in [2.24, 2.45) is 5.92 Å². The van der Waals surface area contributed by atoms with Gasteiger partial charge in [0.05, 0.1) is 11.9 Å². The van der Waals surface area contributed by atoms with Crippen LogP contribution in [0.5, 0.6) is 0 Å². The summed E-state index contributed by atoms with van der Waals surface area (Å²) in [4.78, 5) is 4.30. The zero-order valence-electron chi connectivity index (χ0n) is 13.8. The van der Waals surface area contributed by atoms with Crippen LogP contribution in [0.2, 0.25) is 0 Å². The number of rotatable bonds is 6. The van der Waals surface area contributed by atoms with Crippen molar-refractivity contribution in [3.63, 3.8) is 0 Å². The van der Waals surface area contributed by atoms with E-state index in [0.717, 1.165) is 31.0 Å². The summed E-state index contributed by atoms with van der Waals surface area (Å²) in [5, 5.41) is 4.37. The van der Waals surface area contributed by atoms with Crippen LogP contribution in [0.25, 0.3) is 0 Å². The Morgan fingerprint density at radius 2 is 2.14 bits per heavy atom. The fourth-order valence-corrected chi connectivity index (χ4v) is 4.66. The van der Waals surface area contributed by atoms with Gasteiger partial charge in [0.15, 0.2) is 0 Å². The molecule has 7 nitrogen and oxygen atoms in total. The fourth-order valence-electron chi connectivity index (χ4n) is 2.88. The number of hydrogen-bond acceptors (Lipinski definition) is 5. The van der Waals surface area contributed by atoms with Crippen molar-refractivity contribution in [2.45, 2.75) is 46.3 Å². The SMILES string of the molecule is CO[C@@H](C)CS(=O)(=O)N1CCC[C@H](Cn2nc(C)nc2C)C1. The van der Waals surface area contributed by atoms with Crippen LogP contribution in [0, 0.1) is 19.8 Å². The minimum absolute atomic E-state index is 0.0394. The maximum absolute atomic E-state index is 12.4. The van der Waals surface area contributed by atoms with Crippen molar-refractivity contribution in [3.05, 3.63) is 11.6 Å². The van der Waals surface area contributed by atoms with E-state index in [1.807, 2.05) is 18.5 Å². The molecule has 126 valence electrons. The summed E-state index contributed by atoms with van der Waals surface area (Å²) in [6, 6.07) is 0. The van der Waals surface area contributed by atoms with Gasteiger partial charge in [0.1, 0.15) is 11.6 Å². The fraction of sp³-hybridized carbons (Fsp3) is 0.857. The molecule has 0 saturated carbocycles. The van der Waals surface area contributed by atoms with Crippen LogP contribution < -0.4 is 0 Å². The lowest BCUT2D eigenvalue weighted by Gasteiger charge is -2.32. The van der Waals surface area contributed by atoms with Gasteiger partial charge >= 0.3 is 0 Å². The molecule has 0 radical (unpaired) electrons. The van der Waals surface area contributed by atoms with Crippen molar-refractivity contribution in [1.82, 2.24) is 19.1 Å². The predicted octanol–water partition coefficient (Wildman–Crippen LogP) is 0.972. The number of ether oxygens (including phenoxy) is 1. The molecule has 0 N–H and O–H groups in total. The van der Waals surface area contributed by atoms with Gasteiger partial charge in [-0.05, 0) is 39.5 Å². The van der Waals surface area contributed by atoms with E-state index in [1.54, 1.807) is 11.2 Å². The van der Waals surface area contributed by atoms with Crippen LogP contribution in [0.1, 0.15) is 31.4 Å². The van der Waals surface area contributed by atoms with E-state index < -0.39 is 10.0 Å². The van der Waals surface area contributed by atoms with Crippen LogP contribution in [0.15, 0.2) is 0 Å². The average molecular weight is 330 g/mol. The Bertz CT molecular complexity index is 599. The highest BCUT2D eigenvalue weighted by molar-refractivity contribution is 7.89. The molecule has 22 heavy (non-hydrogen) atoms. The van der Waals surface area contributed by atoms with E-state index in [0.29, 0.717) is 13.1 Å². The van der Waals surface area contributed by atoms with E-state index in [9.17, 15) is 8.42 Å². The van der Waals surface area contributed by atoms with Crippen LogP contribution in [-0.4, -0.2) is 59.5 Å². The second kappa shape index (κ2) is 7.06. The van der Waals surface area contributed by atoms with Crippen molar-refractivity contribution in [2.75, 3.05) is 26.0 Å². The zero-order valence-corrected chi connectivity index (χ0v) is 14.6. The first-order chi connectivity index (χ1) is 10.3. The normalized spacial score (nSPS) is 21.9. The van der Waals surface area contributed by atoms with E-state index in [4.69, 9.17) is 4.74 Å². The number of sulfonamides is 1. The average Bonchev–Trinajstić information content (AvgIpc) is 2.76. The molecule has 0 unspecified atom stereocenters. The smallest absolute Gasteiger partial charge is 0.216 e. The van der Waals surface area contributed by atoms with Gasteiger partial charge < -0.3 is 4.74 Å². The van der Waals surface area contributed by atoms with E-state index in [-0.39, 0.29) is 17.8 Å². The number of nitrogens with zero attached hydrogens (tertiary/aromatic N) is 4. The predicted molar refractivity (Wildman–Crippen MR) is 84.1 cm³/mol. The molecule has 8 heteroatoms. The number of methoxy groups -OCH3 is 1. The van der Waals surface area contributed by atoms with Crippen molar-refractivity contribution >= 4 is 10.0 Å². The highest BCUT2D eigenvalue weighted by Gasteiger charge is 2.30. The molecular formula is C14H26N4O3S. The Morgan fingerprint density at radius 3 is 2.73 bits per heavy atom. The van der Waals surface area contributed by atoms with Crippen LogP contribution in [0.3, 0.4) is 0 Å². The first-order valence-electron chi connectivity index (χ1n) is 7.70. The van der Waals surface area contributed by atoms with E-state index in [2.05, 4.69) is 10.1 Å². The Labute approximate surface area is 132 Å². The zero-order chi connectivity index (χ0) is 16.3. The quantitative estimate of drug-likeness (QED) is 0.777. The van der Waals surface area contributed by atoms with Gasteiger partial charge in [-0.1, -0.05) is 0 Å². The van der Waals surface area contributed by atoms with Crippen LogP contribution >= 0.6 is 0 Å². The van der Waals surface area contributed by atoms with E-state index in [1.165, 1.54) is 7.11 Å². The third-order valence-electron chi connectivity index (χ3n) is 4.12. The maximum Gasteiger partial charge on any atom is 0.216 e. The summed E-state index contributed by atoms with van der Waals surface area (Å²) < 4.78 is 33.4. The van der Waals surface area contributed by atoms with Gasteiger partial charge in [0.25, 0.3) is 0 Å². The van der Waals surface area contributed by atoms with Crippen molar-refractivity contribution in [3.8, 4) is 0 Å². The lowest BCUT2D eigenvalue weighted by Crippen LogP contribution is -2.43. The molecule has 0 amide bonds. The van der Waals surface area contributed by atoms with E-state index >= 15 is 0 Å². The lowest BCUT2D eigenvalue weighted by molar-refractivity contribution is 0.134. The largest absolute Gasteiger partial charge is 0.381 e. The number of aryl methyl sites for hydroxylation is 2. The lowest BCUT2D eigenvalue weighted by atomic mass is 10.00. The summed E-state index contributed by atoms with van der Waals surface area (Å²) in [7, 11) is -1.73. The third-order valence-corrected chi connectivity index (χ3v) is 6.13. The van der Waals surface area contributed by atoms with Gasteiger partial charge in [-0.2, -0.15) is 5.10 Å². The Balaban J connectivity index is 2.01.